The number of rotatable bonds is 0. The van der Waals surface area contributed by atoms with Crippen LogP contribution in [0.15, 0.2) is 0 Å². The first kappa shape index (κ1) is 38.9. The Bertz CT molecular complexity index is 776. The second-order valence-corrected chi connectivity index (χ2v) is 7.24. The monoisotopic (exact) mass is 570 g/mol. The molecule has 0 aliphatic heterocycles. The molecule has 28 heteroatoms. The van der Waals surface area contributed by atoms with Gasteiger partial charge in [0, 0.05) is 0 Å². The number of anilines is 6. The summed E-state index contributed by atoms with van der Waals surface area (Å²) >= 11 is 0. The molecule has 0 bridgehead atoms. The summed E-state index contributed by atoms with van der Waals surface area (Å²) in [5.41, 5.74) is 30.8. The Balaban J connectivity index is -0.000000170. The van der Waals surface area contributed by atoms with Crippen molar-refractivity contribution in [3.8, 4) is 0 Å². The van der Waals surface area contributed by atoms with Gasteiger partial charge in [-0.05, 0) is 0 Å². The molecule has 0 amide bonds. The average Bonchev–Trinajstić information content (AvgIpc) is 2.38. The van der Waals surface area contributed by atoms with Crippen molar-refractivity contribution in [3.05, 3.63) is 0 Å². The Hall–Kier alpha value is -2.32. The third kappa shape index (κ3) is 51.9. The number of nitrogen functional groups attached to an aromatic ring is 6. The van der Waals surface area contributed by atoms with Gasteiger partial charge in [-0.3, -0.25) is 13.7 Å². The first-order valence-electron chi connectivity index (χ1n) is 6.71. The second kappa shape index (κ2) is 17.2. The molecular formula is C6H18AlN12O12P3. The number of nitrogens with zero attached hydrogens (tertiary/aromatic N) is 6. The fourth-order valence-corrected chi connectivity index (χ4v) is 0.854. The molecule has 18 N–H and O–H groups in total. The van der Waals surface area contributed by atoms with E-state index in [1.165, 1.54) is 0 Å². The maximum atomic E-state index is 8.77. The number of hydrogen-bond donors (Lipinski definition) is 12. The van der Waals surface area contributed by atoms with Crippen molar-refractivity contribution in [1.82, 2.24) is 29.9 Å². The molecular weight excluding hydrogens is 552 g/mol. The van der Waals surface area contributed by atoms with Crippen molar-refractivity contribution in [2.45, 2.75) is 0 Å². The molecule has 2 rings (SSSR count). The maximum absolute atomic E-state index is 8.77. The van der Waals surface area contributed by atoms with Crippen LogP contribution in [-0.2, 0) is 13.7 Å². The predicted octanol–water partition coefficient (Wildman–Crippen LogP) is -7.83. The molecule has 0 radical (unpaired) electrons. The number of phosphoric acid groups is 3. The Morgan fingerprint density at radius 3 is 0.559 bits per heavy atom. The Morgan fingerprint density at radius 1 is 0.441 bits per heavy atom. The largest absolute Gasteiger partial charge is 3.00 e. The van der Waals surface area contributed by atoms with E-state index in [4.69, 9.17) is 92.1 Å². The smallest absolute Gasteiger partial charge is 0.756 e. The van der Waals surface area contributed by atoms with Gasteiger partial charge < -0.3 is 78.4 Å². The summed E-state index contributed by atoms with van der Waals surface area (Å²) in [7, 11) is -14.7. The van der Waals surface area contributed by atoms with Crippen LogP contribution in [0.1, 0.15) is 0 Å². The minimum Gasteiger partial charge on any atom is -0.756 e. The zero-order valence-corrected chi connectivity index (χ0v) is 20.0. The first-order chi connectivity index (χ1) is 14.4. The summed E-state index contributed by atoms with van der Waals surface area (Å²) in [6.45, 7) is 0. The number of hydrogen-bond acceptors (Lipinski definition) is 18. The van der Waals surface area contributed by atoms with E-state index in [9.17, 15) is 0 Å². The van der Waals surface area contributed by atoms with Gasteiger partial charge in [0.25, 0.3) is 23.5 Å². The standard InChI is InChI=1S/2C3H6N6.Al.3H3O4P/c2*4-1-7-2(5)9-3(6)8-1;;3*1-5(2,3)4/h2*(H6,4,5,6,7,8,9);;3*(H3,1,2,3,4)/q;;+3;;;/p-3. The molecule has 0 aromatic carbocycles. The van der Waals surface area contributed by atoms with Crippen molar-refractivity contribution in [2.75, 3.05) is 34.4 Å². The van der Waals surface area contributed by atoms with Gasteiger partial charge in [0.05, 0.1) is 0 Å². The number of aromatic nitrogens is 6. The molecule has 0 saturated heterocycles. The first-order valence-corrected chi connectivity index (χ1v) is 11.3. The van der Waals surface area contributed by atoms with Crippen LogP contribution < -0.4 is 49.1 Å². The minimum absolute atomic E-state index is 0. The molecule has 2 aromatic rings. The molecule has 0 spiro atoms. The fraction of sp³-hybridized carbons (Fsp3) is 0. The predicted molar refractivity (Wildman–Crippen MR) is 108 cm³/mol. The molecule has 0 atom stereocenters. The van der Waals surface area contributed by atoms with E-state index < -0.39 is 23.5 Å². The van der Waals surface area contributed by atoms with E-state index in [1.807, 2.05) is 0 Å². The van der Waals surface area contributed by atoms with Gasteiger partial charge in [-0.15, -0.1) is 0 Å². The summed E-state index contributed by atoms with van der Waals surface area (Å²) in [6, 6.07) is 0. The Labute approximate surface area is 199 Å². The van der Waals surface area contributed by atoms with Crippen LogP contribution in [-0.4, -0.2) is 76.6 Å². The third-order valence-corrected chi connectivity index (χ3v) is 1.37. The van der Waals surface area contributed by atoms with Gasteiger partial charge in [-0.2, -0.15) is 29.9 Å². The molecule has 0 aliphatic rings. The molecule has 0 unspecified atom stereocenters. The second-order valence-electron chi connectivity index (χ2n) is 4.29. The van der Waals surface area contributed by atoms with Crippen LogP contribution in [0, 0.1) is 0 Å². The summed E-state index contributed by atoms with van der Waals surface area (Å²) in [5.74, 6) is 0.250. The maximum Gasteiger partial charge on any atom is 3.00 e. The molecule has 34 heavy (non-hydrogen) atoms. The SMILES string of the molecule is Nc1nc(N)nc(N)n1.Nc1nc(N)nc(N)n1.O=P([O-])(O)O.O=P([O-])(O)O.O=P([O-])(O)O.[Al+3]. The molecule has 2 heterocycles. The van der Waals surface area contributed by atoms with E-state index in [0.29, 0.717) is 0 Å². The quantitative estimate of drug-likeness (QED) is 0.103. The normalized spacial score (nSPS) is 10.1. The van der Waals surface area contributed by atoms with E-state index in [2.05, 4.69) is 29.9 Å². The summed E-state index contributed by atoms with van der Waals surface area (Å²) in [4.78, 5) is 89.7. The summed E-state index contributed by atoms with van der Waals surface area (Å²) in [6.07, 6.45) is 0. The van der Waals surface area contributed by atoms with Gasteiger partial charge in [0.2, 0.25) is 35.7 Å². The van der Waals surface area contributed by atoms with Gasteiger partial charge in [-0.25, -0.2) is 0 Å². The topological polar surface area (TPSA) is 475 Å². The van der Waals surface area contributed by atoms with Crippen molar-refractivity contribution >= 4 is 76.5 Å². The molecule has 0 fully saturated rings. The fourth-order valence-electron chi connectivity index (χ4n) is 0.854. The van der Waals surface area contributed by atoms with E-state index in [0.717, 1.165) is 0 Å². The minimum atomic E-state index is -4.89. The zero-order chi connectivity index (χ0) is 27.2. The number of nitrogens with two attached hydrogens (primary N) is 6. The Kier molecular flexibility index (Phi) is 19.7. The van der Waals surface area contributed by atoms with Crippen LogP contribution in [0.4, 0.5) is 35.7 Å². The van der Waals surface area contributed by atoms with Crippen molar-refractivity contribution in [3.63, 3.8) is 0 Å². The molecule has 0 saturated carbocycles. The van der Waals surface area contributed by atoms with Crippen LogP contribution in [0.2, 0.25) is 0 Å². The van der Waals surface area contributed by atoms with Gasteiger partial charge in [0.15, 0.2) is 0 Å². The Morgan fingerprint density at radius 2 is 0.500 bits per heavy atom. The molecule has 0 aliphatic carbocycles. The molecule has 192 valence electrons. The zero-order valence-electron chi connectivity index (χ0n) is 16.2. The van der Waals surface area contributed by atoms with Crippen molar-refractivity contribution in [1.29, 1.82) is 0 Å². The van der Waals surface area contributed by atoms with Crippen LogP contribution in [0.3, 0.4) is 0 Å². The van der Waals surface area contributed by atoms with Gasteiger partial charge in [0.1, 0.15) is 0 Å². The van der Waals surface area contributed by atoms with E-state index in [-0.39, 0.29) is 53.1 Å². The van der Waals surface area contributed by atoms with Crippen LogP contribution >= 0.6 is 23.5 Å². The van der Waals surface area contributed by atoms with Gasteiger partial charge in [-0.1, -0.05) is 0 Å². The van der Waals surface area contributed by atoms with E-state index >= 15 is 0 Å². The summed E-state index contributed by atoms with van der Waals surface area (Å²) < 4.78 is 26.3. The molecule has 2 aromatic heterocycles. The van der Waals surface area contributed by atoms with Crippen molar-refractivity contribution < 1.29 is 57.7 Å². The average molecular weight is 570 g/mol. The molecule has 24 nitrogen and oxygen atoms in total. The van der Waals surface area contributed by atoms with Crippen molar-refractivity contribution in [2.24, 2.45) is 0 Å². The van der Waals surface area contributed by atoms with Gasteiger partial charge >= 0.3 is 17.4 Å². The third-order valence-electron chi connectivity index (χ3n) is 1.37. The summed E-state index contributed by atoms with van der Waals surface area (Å²) in [5, 5.41) is 0. The van der Waals surface area contributed by atoms with E-state index in [1.54, 1.807) is 0 Å². The van der Waals surface area contributed by atoms with Crippen LogP contribution in [0.5, 0.6) is 0 Å². The van der Waals surface area contributed by atoms with Crippen LogP contribution in [0.25, 0.3) is 0 Å².